The fourth-order valence-corrected chi connectivity index (χ4v) is 4.09. The molecule has 0 saturated carbocycles. The van der Waals surface area contributed by atoms with Crippen molar-refractivity contribution >= 4 is 35.5 Å². The van der Waals surface area contributed by atoms with Crippen molar-refractivity contribution in [2.24, 2.45) is 0 Å². The molecule has 3 rings (SSSR count). The van der Waals surface area contributed by atoms with Gasteiger partial charge in [0.1, 0.15) is 0 Å². The zero-order chi connectivity index (χ0) is 16.4. The first-order valence-electron chi connectivity index (χ1n) is 8.01. The standard InChI is InChI=1S/C19H25N3S.ClH/c1-20(2)13-15(21(3)4)14-22-16-9-5-7-11-18(16)23-19-12-8-6-10-17(19)22;/h5-12,15H,13-14H2,1-4H3;1H. The lowest BCUT2D eigenvalue weighted by molar-refractivity contribution is 0.233. The van der Waals surface area contributed by atoms with Gasteiger partial charge in [-0.05, 0) is 52.5 Å². The number of anilines is 2. The van der Waals surface area contributed by atoms with Crippen molar-refractivity contribution in [3.8, 4) is 0 Å². The Labute approximate surface area is 156 Å². The summed E-state index contributed by atoms with van der Waals surface area (Å²) in [6.45, 7) is 2.03. The summed E-state index contributed by atoms with van der Waals surface area (Å²) in [7, 11) is 8.63. The van der Waals surface area contributed by atoms with E-state index in [2.05, 4.69) is 91.4 Å². The van der Waals surface area contributed by atoms with E-state index in [1.54, 1.807) is 0 Å². The number of hydrogen-bond donors (Lipinski definition) is 0. The molecule has 0 aromatic heterocycles. The van der Waals surface area contributed by atoms with E-state index in [-0.39, 0.29) is 12.4 Å². The highest BCUT2D eigenvalue weighted by molar-refractivity contribution is 7.99. The van der Waals surface area contributed by atoms with Crippen molar-refractivity contribution in [2.45, 2.75) is 15.8 Å². The van der Waals surface area contributed by atoms with E-state index in [0.717, 1.165) is 13.1 Å². The lowest BCUT2D eigenvalue weighted by Gasteiger charge is -2.38. The van der Waals surface area contributed by atoms with Crippen LogP contribution in [-0.2, 0) is 0 Å². The number of fused-ring (bicyclic) bond motifs is 2. The summed E-state index contributed by atoms with van der Waals surface area (Å²) < 4.78 is 0. The van der Waals surface area contributed by atoms with E-state index in [9.17, 15) is 0 Å². The van der Waals surface area contributed by atoms with Gasteiger partial charge in [-0.1, -0.05) is 36.0 Å². The zero-order valence-corrected chi connectivity index (χ0v) is 16.4. The van der Waals surface area contributed by atoms with Gasteiger partial charge < -0.3 is 14.7 Å². The Balaban J connectivity index is 0.00000208. The van der Waals surface area contributed by atoms with Gasteiger partial charge in [0.05, 0.1) is 11.4 Å². The van der Waals surface area contributed by atoms with Gasteiger partial charge in [0.2, 0.25) is 0 Å². The molecule has 0 saturated heterocycles. The van der Waals surface area contributed by atoms with Crippen LogP contribution in [0.3, 0.4) is 0 Å². The molecule has 130 valence electrons. The number of halogens is 1. The lowest BCUT2D eigenvalue weighted by Crippen LogP contribution is -2.45. The van der Waals surface area contributed by atoms with Crippen LogP contribution in [0.4, 0.5) is 11.4 Å². The summed E-state index contributed by atoms with van der Waals surface area (Å²) in [4.78, 5) is 9.76. The van der Waals surface area contributed by atoms with Gasteiger partial charge in [-0.3, -0.25) is 0 Å². The number of nitrogens with zero attached hydrogens (tertiary/aromatic N) is 3. The minimum absolute atomic E-state index is 0. The Hall–Kier alpha value is -1.20. The molecule has 24 heavy (non-hydrogen) atoms. The molecule has 0 amide bonds. The molecule has 0 N–H and O–H groups in total. The zero-order valence-electron chi connectivity index (χ0n) is 14.8. The third-order valence-electron chi connectivity index (χ3n) is 4.23. The largest absolute Gasteiger partial charge is 0.338 e. The summed E-state index contributed by atoms with van der Waals surface area (Å²) in [5.74, 6) is 0. The number of likely N-dealkylation sites (N-methyl/N-ethyl adjacent to an activating group) is 2. The first-order valence-corrected chi connectivity index (χ1v) is 8.82. The van der Waals surface area contributed by atoms with Crippen molar-refractivity contribution in [1.29, 1.82) is 0 Å². The van der Waals surface area contributed by atoms with Gasteiger partial charge in [-0.2, -0.15) is 0 Å². The molecular formula is C19H26ClN3S. The normalized spacial score (nSPS) is 14.2. The van der Waals surface area contributed by atoms with Crippen LogP contribution in [0.1, 0.15) is 0 Å². The highest BCUT2D eigenvalue weighted by atomic mass is 35.5. The van der Waals surface area contributed by atoms with Crippen molar-refractivity contribution < 1.29 is 0 Å². The molecule has 1 atom stereocenters. The molecule has 1 aliphatic rings. The highest BCUT2D eigenvalue weighted by Gasteiger charge is 2.26. The second kappa shape index (κ2) is 8.26. The maximum absolute atomic E-state index is 2.48. The van der Waals surface area contributed by atoms with E-state index in [1.807, 2.05) is 11.8 Å². The Kier molecular flexibility index (Phi) is 6.58. The molecule has 2 aromatic carbocycles. The van der Waals surface area contributed by atoms with Gasteiger partial charge >= 0.3 is 0 Å². The predicted octanol–water partition coefficient (Wildman–Crippen LogP) is 4.20. The fourth-order valence-electron chi connectivity index (χ4n) is 2.99. The molecule has 3 nitrogen and oxygen atoms in total. The van der Waals surface area contributed by atoms with Gasteiger partial charge in [-0.25, -0.2) is 0 Å². The minimum atomic E-state index is 0. The summed E-state index contributed by atoms with van der Waals surface area (Å²) in [6.07, 6.45) is 0. The van der Waals surface area contributed by atoms with Gasteiger partial charge in [-0.15, -0.1) is 12.4 Å². The SMILES string of the molecule is CN(C)CC(CN1c2ccccc2Sc2ccccc21)N(C)C.Cl. The molecule has 0 fully saturated rings. The number of rotatable bonds is 5. The maximum atomic E-state index is 2.48. The highest BCUT2D eigenvalue weighted by Crippen LogP contribution is 2.47. The van der Waals surface area contributed by atoms with Gasteiger partial charge in [0, 0.05) is 28.9 Å². The molecule has 1 aliphatic heterocycles. The first kappa shape index (κ1) is 19.1. The van der Waals surface area contributed by atoms with E-state index in [4.69, 9.17) is 0 Å². The van der Waals surface area contributed by atoms with Crippen LogP contribution in [-0.4, -0.2) is 57.1 Å². The summed E-state index contributed by atoms with van der Waals surface area (Å²) in [5.41, 5.74) is 2.64. The van der Waals surface area contributed by atoms with Crippen LogP contribution >= 0.6 is 24.2 Å². The smallest absolute Gasteiger partial charge is 0.0553 e. The third-order valence-corrected chi connectivity index (χ3v) is 5.36. The van der Waals surface area contributed by atoms with Crippen LogP contribution < -0.4 is 4.90 Å². The molecule has 0 bridgehead atoms. The van der Waals surface area contributed by atoms with E-state index >= 15 is 0 Å². The van der Waals surface area contributed by atoms with Crippen LogP contribution in [0.2, 0.25) is 0 Å². The second-order valence-electron chi connectivity index (χ2n) is 6.53. The lowest BCUT2D eigenvalue weighted by atomic mass is 10.1. The Bertz CT molecular complexity index is 630. The maximum Gasteiger partial charge on any atom is 0.0553 e. The summed E-state index contributed by atoms with van der Waals surface area (Å²) >= 11 is 1.87. The number of hydrogen-bond acceptors (Lipinski definition) is 4. The first-order chi connectivity index (χ1) is 11.1. The quantitative estimate of drug-likeness (QED) is 0.787. The van der Waals surface area contributed by atoms with E-state index < -0.39 is 0 Å². The fraction of sp³-hybridized carbons (Fsp3) is 0.368. The number of benzene rings is 2. The molecule has 0 radical (unpaired) electrons. The van der Waals surface area contributed by atoms with Crippen LogP contribution in [0.15, 0.2) is 58.3 Å². The molecule has 0 aliphatic carbocycles. The van der Waals surface area contributed by atoms with Crippen LogP contribution in [0, 0.1) is 0 Å². The molecule has 1 heterocycles. The van der Waals surface area contributed by atoms with Crippen molar-refractivity contribution in [3.63, 3.8) is 0 Å². The third kappa shape index (κ3) is 4.06. The van der Waals surface area contributed by atoms with Crippen molar-refractivity contribution in [2.75, 3.05) is 46.2 Å². The van der Waals surface area contributed by atoms with Crippen molar-refractivity contribution in [3.05, 3.63) is 48.5 Å². The topological polar surface area (TPSA) is 9.72 Å². The molecule has 5 heteroatoms. The van der Waals surface area contributed by atoms with Gasteiger partial charge in [0.15, 0.2) is 0 Å². The van der Waals surface area contributed by atoms with E-state index in [0.29, 0.717) is 6.04 Å². The molecule has 2 aromatic rings. The van der Waals surface area contributed by atoms with Crippen LogP contribution in [0.5, 0.6) is 0 Å². The van der Waals surface area contributed by atoms with E-state index in [1.165, 1.54) is 21.2 Å². The minimum Gasteiger partial charge on any atom is -0.338 e. The number of para-hydroxylation sites is 2. The van der Waals surface area contributed by atoms with Crippen molar-refractivity contribution in [1.82, 2.24) is 9.80 Å². The van der Waals surface area contributed by atoms with Crippen LogP contribution in [0.25, 0.3) is 0 Å². The molecule has 0 spiro atoms. The monoisotopic (exact) mass is 363 g/mol. The second-order valence-corrected chi connectivity index (χ2v) is 7.61. The Morgan fingerprint density at radius 3 is 1.83 bits per heavy atom. The Morgan fingerprint density at radius 1 is 0.875 bits per heavy atom. The molecule has 1 unspecified atom stereocenters. The summed E-state index contributed by atoms with van der Waals surface area (Å²) in [5, 5.41) is 0. The average Bonchev–Trinajstić information content (AvgIpc) is 2.53. The van der Waals surface area contributed by atoms with Gasteiger partial charge in [0.25, 0.3) is 0 Å². The average molecular weight is 364 g/mol. The molecular weight excluding hydrogens is 338 g/mol. The predicted molar refractivity (Wildman–Crippen MR) is 107 cm³/mol. The summed E-state index contributed by atoms with van der Waals surface area (Å²) in [6, 6.07) is 17.9. The Morgan fingerprint density at radius 2 is 1.38 bits per heavy atom.